The lowest BCUT2D eigenvalue weighted by Crippen LogP contribution is -2.57. The van der Waals surface area contributed by atoms with E-state index >= 15 is 0 Å². The summed E-state index contributed by atoms with van der Waals surface area (Å²) in [6.07, 6.45) is 1.94. The van der Waals surface area contributed by atoms with Gasteiger partial charge < -0.3 is 25.8 Å². The van der Waals surface area contributed by atoms with Crippen LogP contribution in [0.2, 0.25) is 0 Å². The molecule has 5 rings (SSSR count). The molecule has 1 amide bonds. The van der Waals surface area contributed by atoms with Crippen LogP contribution in [0.15, 0.2) is 60.7 Å². The Hall–Kier alpha value is -4.02. The van der Waals surface area contributed by atoms with Crippen LogP contribution >= 0.6 is 0 Å². The highest BCUT2D eigenvalue weighted by atomic mass is 16.2. The molecule has 3 aromatic carbocycles. The lowest BCUT2D eigenvalue weighted by Gasteiger charge is -2.42. The molecule has 40 heavy (non-hydrogen) atoms. The van der Waals surface area contributed by atoms with E-state index in [0.717, 1.165) is 77.4 Å². The largest absolute Gasteiger partial charge is 0.382 e. The molecule has 1 atom stereocenters. The van der Waals surface area contributed by atoms with Gasteiger partial charge in [0.1, 0.15) is 6.07 Å². The Morgan fingerprint density at radius 3 is 2.38 bits per heavy atom. The van der Waals surface area contributed by atoms with E-state index in [-0.39, 0.29) is 11.9 Å². The number of nitrogens with two attached hydrogens (primary N) is 1. The first kappa shape index (κ1) is 27.5. The molecule has 208 valence electrons. The number of rotatable bonds is 6. The van der Waals surface area contributed by atoms with Crippen LogP contribution in [-0.4, -0.2) is 62.2 Å². The normalized spacial score (nSPS) is 18.0. The highest BCUT2D eigenvalue weighted by Crippen LogP contribution is 2.32. The van der Waals surface area contributed by atoms with Crippen LogP contribution in [0.3, 0.4) is 0 Å². The summed E-state index contributed by atoms with van der Waals surface area (Å²) in [6, 6.07) is 23.0. The molecule has 3 N–H and O–H groups in total. The molecular weight excluding hydrogens is 496 g/mol. The third-order valence-electron chi connectivity index (χ3n) is 8.52. The Morgan fingerprint density at radius 1 is 0.975 bits per heavy atom. The van der Waals surface area contributed by atoms with E-state index in [1.807, 2.05) is 54.3 Å². The zero-order valence-electron chi connectivity index (χ0n) is 23.9. The molecule has 3 aromatic rings. The van der Waals surface area contributed by atoms with E-state index in [2.05, 4.69) is 53.2 Å². The van der Waals surface area contributed by atoms with Crippen LogP contribution < -0.4 is 20.9 Å². The second-order valence-corrected chi connectivity index (χ2v) is 11.1. The van der Waals surface area contributed by atoms with Crippen LogP contribution in [0.5, 0.6) is 0 Å². The number of para-hydroxylation sites is 2. The van der Waals surface area contributed by atoms with Gasteiger partial charge in [0.25, 0.3) is 5.91 Å². The van der Waals surface area contributed by atoms with Crippen molar-refractivity contribution in [3.05, 3.63) is 88.5 Å². The van der Waals surface area contributed by atoms with Gasteiger partial charge in [-0.2, -0.15) is 5.26 Å². The average molecular weight is 537 g/mol. The van der Waals surface area contributed by atoms with Crippen molar-refractivity contribution in [1.82, 2.24) is 4.90 Å². The number of carbonyl (C=O) groups is 1. The number of nitriles is 1. The molecule has 0 bridgehead atoms. The predicted octanol–water partition coefficient (Wildman–Crippen LogP) is 4.85. The minimum absolute atomic E-state index is 0.0834. The number of benzene rings is 3. The minimum atomic E-state index is 0.0834. The minimum Gasteiger partial charge on any atom is -0.382 e. The Labute approximate surface area is 238 Å². The lowest BCUT2D eigenvalue weighted by atomic mass is 9.94. The van der Waals surface area contributed by atoms with Gasteiger partial charge in [-0.3, -0.25) is 4.79 Å². The van der Waals surface area contributed by atoms with Crippen molar-refractivity contribution in [3.63, 3.8) is 0 Å². The second-order valence-electron chi connectivity index (χ2n) is 11.1. The molecule has 2 aliphatic rings. The summed E-state index contributed by atoms with van der Waals surface area (Å²) in [5.74, 6) is 0.0899. The summed E-state index contributed by atoms with van der Waals surface area (Å²) in [6.45, 7) is 10.6. The zero-order valence-corrected chi connectivity index (χ0v) is 23.9. The van der Waals surface area contributed by atoms with Gasteiger partial charge in [-0.25, -0.2) is 0 Å². The number of piperidine rings is 1. The van der Waals surface area contributed by atoms with E-state index < -0.39 is 0 Å². The average Bonchev–Trinajstić information content (AvgIpc) is 2.99. The summed E-state index contributed by atoms with van der Waals surface area (Å²) < 4.78 is 0. The Balaban J connectivity index is 1.30. The number of nitrogens with zero attached hydrogens (tertiary/aromatic N) is 4. The number of hydrogen-bond acceptors (Lipinski definition) is 6. The number of nitrogens with one attached hydrogen (secondary N) is 1. The number of piperazine rings is 1. The summed E-state index contributed by atoms with van der Waals surface area (Å²) in [7, 11) is 0. The fourth-order valence-electron chi connectivity index (χ4n) is 6.41. The molecule has 7 nitrogen and oxygen atoms in total. The molecule has 2 aliphatic heterocycles. The first-order chi connectivity index (χ1) is 19.4. The summed E-state index contributed by atoms with van der Waals surface area (Å²) in [4.78, 5) is 20.6. The van der Waals surface area contributed by atoms with E-state index in [4.69, 9.17) is 5.73 Å². The van der Waals surface area contributed by atoms with Crippen LogP contribution in [0, 0.1) is 32.1 Å². The van der Waals surface area contributed by atoms with Gasteiger partial charge >= 0.3 is 0 Å². The Morgan fingerprint density at radius 2 is 1.68 bits per heavy atom. The number of amides is 1. The van der Waals surface area contributed by atoms with Crippen molar-refractivity contribution in [3.8, 4) is 6.07 Å². The van der Waals surface area contributed by atoms with Gasteiger partial charge in [0, 0.05) is 62.2 Å². The van der Waals surface area contributed by atoms with Gasteiger partial charge in [-0.15, -0.1) is 0 Å². The standard InChI is InChI=1S/C33H40N6O/c1-23-19-24(2)32(36-27-13-15-37(16-14-27)30-12-8-7-9-26(30)20-34)25(3)31(23)33(40)38-17-18-39(29(21-35)22-38)28-10-5-4-6-11-28/h4-12,19,27,29,36H,13-18,21-22,35H2,1-3H3. The van der Waals surface area contributed by atoms with Gasteiger partial charge in [-0.05, 0) is 74.6 Å². The molecule has 2 saturated heterocycles. The third-order valence-corrected chi connectivity index (χ3v) is 8.52. The summed E-state index contributed by atoms with van der Waals surface area (Å²) in [5.41, 5.74) is 14.2. The quantitative estimate of drug-likeness (QED) is 0.468. The number of hydrogen-bond donors (Lipinski definition) is 2. The van der Waals surface area contributed by atoms with Crippen molar-refractivity contribution in [2.75, 3.05) is 54.4 Å². The van der Waals surface area contributed by atoms with Crippen molar-refractivity contribution < 1.29 is 4.79 Å². The fourth-order valence-corrected chi connectivity index (χ4v) is 6.41. The zero-order chi connectivity index (χ0) is 28.2. The van der Waals surface area contributed by atoms with Crippen molar-refractivity contribution in [1.29, 1.82) is 5.26 Å². The molecule has 0 aliphatic carbocycles. The van der Waals surface area contributed by atoms with Gasteiger partial charge in [-0.1, -0.05) is 36.4 Å². The predicted molar refractivity (Wildman–Crippen MR) is 163 cm³/mol. The lowest BCUT2D eigenvalue weighted by molar-refractivity contribution is 0.0722. The first-order valence-corrected chi connectivity index (χ1v) is 14.3. The van der Waals surface area contributed by atoms with Crippen LogP contribution in [0.4, 0.5) is 17.1 Å². The molecule has 0 aromatic heterocycles. The summed E-state index contributed by atoms with van der Waals surface area (Å²) >= 11 is 0. The van der Waals surface area contributed by atoms with E-state index in [9.17, 15) is 10.1 Å². The van der Waals surface area contributed by atoms with E-state index in [0.29, 0.717) is 25.7 Å². The maximum atomic E-state index is 14.0. The maximum Gasteiger partial charge on any atom is 0.254 e. The van der Waals surface area contributed by atoms with Crippen LogP contribution in [0.25, 0.3) is 0 Å². The van der Waals surface area contributed by atoms with Crippen LogP contribution in [-0.2, 0) is 0 Å². The molecule has 7 heteroatoms. The monoisotopic (exact) mass is 536 g/mol. The molecule has 2 heterocycles. The van der Waals surface area contributed by atoms with Gasteiger partial charge in [0.2, 0.25) is 0 Å². The number of anilines is 3. The molecule has 2 fully saturated rings. The van der Waals surface area contributed by atoms with Crippen LogP contribution in [0.1, 0.15) is 45.5 Å². The summed E-state index contributed by atoms with van der Waals surface area (Å²) in [5, 5.41) is 13.3. The molecule has 0 radical (unpaired) electrons. The highest BCUT2D eigenvalue weighted by Gasteiger charge is 2.31. The number of carbonyl (C=O) groups excluding carboxylic acids is 1. The second kappa shape index (κ2) is 12.0. The van der Waals surface area contributed by atoms with Gasteiger partial charge in [0.05, 0.1) is 17.3 Å². The molecule has 0 saturated carbocycles. The SMILES string of the molecule is Cc1cc(C)c(C(=O)N2CCN(c3ccccc3)C(CN)C2)c(C)c1NC1CCN(c2ccccc2C#N)CC1. The molecular formula is C33H40N6O. The Bertz CT molecular complexity index is 1390. The van der Waals surface area contributed by atoms with Gasteiger partial charge in [0.15, 0.2) is 0 Å². The smallest absolute Gasteiger partial charge is 0.254 e. The number of aryl methyl sites for hydroxylation is 2. The molecule has 0 spiro atoms. The van der Waals surface area contributed by atoms with Crippen molar-refractivity contribution >= 4 is 23.0 Å². The topological polar surface area (TPSA) is 88.6 Å². The highest BCUT2D eigenvalue weighted by molar-refractivity contribution is 5.99. The van der Waals surface area contributed by atoms with E-state index in [1.165, 1.54) is 0 Å². The van der Waals surface area contributed by atoms with Crippen molar-refractivity contribution in [2.24, 2.45) is 5.73 Å². The third kappa shape index (κ3) is 5.50. The maximum absolute atomic E-state index is 14.0. The van der Waals surface area contributed by atoms with Crippen molar-refractivity contribution in [2.45, 2.75) is 45.7 Å². The Kier molecular flexibility index (Phi) is 8.27. The molecule has 1 unspecified atom stereocenters. The first-order valence-electron chi connectivity index (χ1n) is 14.3. The van der Waals surface area contributed by atoms with E-state index in [1.54, 1.807) is 0 Å². The fraction of sp³-hybridized carbons (Fsp3) is 0.394.